The number of hydrogen-bond donors (Lipinski definition) is 1. The van der Waals surface area contributed by atoms with Gasteiger partial charge in [-0.25, -0.2) is 4.98 Å². The number of aromatic nitrogens is 1. The fraction of sp³-hybridized carbons (Fsp3) is 0.769. The number of nitrogens with one attached hydrogen (secondary N) is 1. The van der Waals surface area contributed by atoms with Crippen molar-refractivity contribution in [3.8, 4) is 0 Å². The van der Waals surface area contributed by atoms with E-state index >= 15 is 0 Å². The first-order valence-electron chi connectivity index (χ1n) is 6.36. The first kappa shape index (κ1) is 13.7. The van der Waals surface area contributed by atoms with E-state index in [4.69, 9.17) is 4.98 Å². The largest absolute Gasteiger partial charge is 0.311 e. The highest BCUT2D eigenvalue weighted by molar-refractivity contribution is 7.11. The highest BCUT2D eigenvalue weighted by Gasteiger charge is 2.14. The number of unbranched alkanes of at least 4 members (excludes halogenated alkanes) is 2. The van der Waals surface area contributed by atoms with Gasteiger partial charge in [0.05, 0.1) is 11.7 Å². The fourth-order valence-electron chi connectivity index (χ4n) is 1.92. The molecule has 1 heterocycles. The number of rotatable bonds is 7. The van der Waals surface area contributed by atoms with Crippen LogP contribution in [-0.4, -0.2) is 12.0 Å². The zero-order valence-corrected chi connectivity index (χ0v) is 11.8. The maximum atomic E-state index is 4.73. The molecule has 0 radical (unpaired) electrons. The third-order valence-electron chi connectivity index (χ3n) is 2.99. The molecular weight excluding hydrogens is 216 g/mol. The van der Waals surface area contributed by atoms with Gasteiger partial charge < -0.3 is 5.32 Å². The summed E-state index contributed by atoms with van der Waals surface area (Å²) < 4.78 is 0. The van der Waals surface area contributed by atoms with Gasteiger partial charge in [-0.05, 0) is 26.8 Å². The predicted octanol–water partition coefficient (Wildman–Crippen LogP) is 3.85. The van der Waals surface area contributed by atoms with Crippen molar-refractivity contribution < 1.29 is 0 Å². The Labute approximate surface area is 103 Å². The smallest absolute Gasteiger partial charge is 0.110 e. The third-order valence-corrected chi connectivity index (χ3v) is 4.11. The summed E-state index contributed by atoms with van der Waals surface area (Å²) in [6.45, 7) is 6.60. The van der Waals surface area contributed by atoms with Crippen LogP contribution in [0.1, 0.15) is 61.2 Å². The molecule has 0 bridgehead atoms. The Kier molecular flexibility index (Phi) is 5.99. The maximum Gasteiger partial charge on any atom is 0.110 e. The summed E-state index contributed by atoms with van der Waals surface area (Å²) in [7, 11) is 2.04. The van der Waals surface area contributed by atoms with Gasteiger partial charge in [0.15, 0.2) is 0 Å². The van der Waals surface area contributed by atoms with E-state index < -0.39 is 0 Å². The molecule has 3 heteroatoms. The van der Waals surface area contributed by atoms with E-state index in [9.17, 15) is 0 Å². The second-order valence-corrected chi connectivity index (χ2v) is 5.48. The zero-order chi connectivity index (χ0) is 12.0. The first-order valence-corrected chi connectivity index (χ1v) is 7.18. The Bertz CT molecular complexity index is 307. The van der Waals surface area contributed by atoms with Gasteiger partial charge in [0.25, 0.3) is 0 Å². The normalized spacial score (nSPS) is 13.0. The van der Waals surface area contributed by atoms with Gasteiger partial charge in [-0.3, -0.25) is 0 Å². The number of aryl methyl sites for hydroxylation is 2. The van der Waals surface area contributed by atoms with Gasteiger partial charge in [-0.2, -0.15) is 0 Å². The summed E-state index contributed by atoms with van der Waals surface area (Å²) in [4.78, 5) is 6.12. The van der Waals surface area contributed by atoms with Crippen LogP contribution in [0.15, 0.2) is 0 Å². The van der Waals surface area contributed by atoms with E-state index in [0.29, 0.717) is 6.04 Å². The van der Waals surface area contributed by atoms with Crippen molar-refractivity contribution >= 4 is 11.3 Å². The Morgan fingerprint density at radius 2 is 2.06 bits per heavy atom. The van der Waals surface area contributed by atoms with Crippen molar-refractivity contribution in [1.29, 1.82) is 0 Å². The van der Waals surface area contributed by atoms with E-state index in [2.05, 4.69) is 26.1 Å². The van der Waals surface area contributed by atoms with Crippen LogP contribution in [0.3, 0.4) is 0 Å². The quantitative estimate of drug-likeness (QED) is 0.732. The first-order chi connectivity index (χ1) is 7.72. The van der Waals surface area contributed by atoms with Crippen LogP contribution in [0.2, 0.25) is 0 Å². The number of hydrogen-bond acceptors (Lipinski definition) is 3. The lowest BCUT2D eigenvalue weighted by Crippen LogP contribution is -2.16. The monoisotopic (exact) mass is 240 g/mol. The van der Waals surface area contributed by atoms with Crippen LogP contribution in [-0.2, 0) is 6.42 Å². The minimum Gasteiger partial charge on any atom is -0.311 e. The molecule has 1 aromatic heterocycles. The van der Waals surface area contributed by atoms with Crippen molar-refractivity contribution in [2.75, 3.05) is 7.05 Å². The SMILES string of the molecule is CCCCCC(NC)c1nc(CC)c(C)s1. The van der Waals surface area contributed by atoms with Crippen molar-refractivity contribution in [2.45, 2.75) is 58.9 Å². The molecule has 0 saturated carbocycles. The molecule has 0 fully saturated rings. The molecule has 2 nitrogen and oxygen atoms in total. The summed E-state index contributed by atoms with van der Waals surface area (Å²) in [5.41, 5.74) is 1.27. The molecule has 0 aliphatic heterocycles. The van der Waals surface area contributed by atoms with E-state index in [1.165, 1.54) is 41.3 Å². The van der Waals surface area contributed by atoms with Gasteiger partial charge in [-0.1, -0.05) is 33.1 Å². The molecule has 1 aromatic rings. The molecule has 1 atom stereocenters. The standard InChI is InChI=1S/C13H24N2S/c1-5-7-8-9-12(14-4)13-15-11(6-2)10(3)16-13/h12,14H,5-9H2,1-4H3. The number of nitrogens with zero attached hydrogens (tertiary/aromatic N) is 1. The molecule has 1 N–H and O–H groups in total. The maximum absolute atomic E-state index is 4.73. The van der Waals surface area contributed by atoms with Crippen LogP contribution in [0, 0.1) is 6.92 Å². The van der Waals surface area contributed by atoms with E-state index in [-0.39, 0.29) is 0 Å². The second-order valence-electron chi connectivity index (χ2n) is 4.25. The van der Waals surface area contributed by atoms with Gasteiger partial charge in [0.2, 0.25) is 0 Å². The van der Waals surface area contributed by atoms with Crippen LogP contribution in [0.5, 0.6) is 0 Å². The molecule has 0 spiro atoms. The molecule has 0 amide bonds. The van der Waals surface area contributed by atoms with E-state index in [1.54, 1.807) is 0 Å². The van der Waals surface area contributed by atoms with Gasteiger partial charge in [0, 0.05) is 4.88 Å². The molecule has 92 valence electrons. The lowest BCUT2D eigenvalue weighted by molar-refractivity contribution is 0.509. The van der Waals surface area contributed by atoms with Gasteiger partial charge >= 0.3 is 0 Å². The summed E-state index contributed by atoms with van der Waals surface area (Å²) in [5, 5.41) is 4.66. The summed E-state index contributed by atoms with van der Waals surface area (Å²) in [5.74, 6) is 0. The Morgan fingerprint density at radius 1 is 1.31 bits per heavy atom. The Balaban J connectivity index is 2.63. The summed E-state index contributed by atoms with van der Waals surface area (Å²) in [6, 6.07) is 0.454. The molecule has 1 rings (SSSR count). The second kappa shape index (κ2) is 7.02. The van der Waals surface area contributed by atoms with Crippen molar-refractivity contribution in [3.63, 3.8) is 0 Å². The average Bonchev–Trinajstić information content (AvgIpc) is 2.66. The lowest BCUT2D eigenvalue weighted by atomic mass is 10.1. The molecular formula is C13H24N2S. The van der Waals surface area contributed by atoms with Gasteiger partial charge in [0.1, 0.15) is 5.01 Å². The van der Waals surface area contributed by atoms with Crippen molar-refractivity contribution in [2.24, 2.45) is 0 Å². The molecule has 0 aliphatic rings. The molecule has 0 aliphatic carbocycles. The Morgan fingerprint density at radius 3 is 2.56 bits per heavy atom. The average molecular weight is 240 g/mol. The fourth-order valence-corrected chi connectivity index (χ4v) is 3.07. The van der Waals surface area contributed by atoms with Crippen LogP contribution >= 0.6 is 11.3 Å². The highest BCUT2D eigenvalue weighted by Crippen LogP contribution is 2.26. The lowest BCUT2D eigenvalue weighted by Gasteiger charge is -2.12. The predicted molar refractivity (Wildman–Crippen MR) is 72.2 cm³/mol. The summed E-state index contributed by atoms with van der Waals surface area (Å²) >= 11 is 1.86. The topological polar surface area (TPSA) is 24.9 Å². The third kappa shape index (κ3) is 3.56. The van der Waals surface area contributed by atoms with Crippen LogP contribution < -0.4 is 5.32 Å². The van der Waals surface area contributed by atoms with E-state index in [1.807, 2.05) is 18.4 Å². The molecule has 1 unspecified atom stereocenters. The molecule has 16 heavy (non-hydrogen) atoms. The van der Waals surface area contributed by atoms with Crippen molar-refractivity contribution in [3.05, 3.63) is 15.6 Å². The minimum atomic E-state index is 0.454. The Hall–Kier alpha value is -0.410. The molecule has 0 aromatic carbocycles. The van der Waals surface area contributed by atoms with Crippen LogP contribution in [0.25, 0.3) is 0 Å². The summed E-state index contributed by atoms with van der Waals surface area (Å²) in [6.07, 6.45) is 6.16. The van der Waals surface area contributed by atoms with Crippen LogP contribution in [0.4, 0.5) is 0 Å². The van der Waals surface area contributed by atoms with Crippen molar-refractivity contribution in [1.82, 2.24) is 10.3 Å². The minimum absolute atomic E-state index is 0.454. The highest BCUT2D eigenvalue weighted by atomic mass is 32.1. The van der Waals surface area contributed by atoms with Gasteiger partial charge in [-0.15, -0.1) is 11.3 Å². The van der Waals surface area contributed by atoms with E-state index in [0.717, 1.165) is 6.42 Å². The molecule has 0 saturated heterocycles. The zero-order valence-electron chi connectivity index (χ0n) is 11.0. The number of thiazole rings is 1.